The number of anilines is 1. The van der Waals surface area contributed by atoms with Gasteiger partial charge in [0.2, 0.25) is 5.89 Å². The van der Waals surface area contributed by atoms with Gasteiger partial charge in [0.15, 0.2) is 5.96 Å². The van der Waals surface area contributed by atoms with Crippen molar-refractivity contribution in [3.63, 3.8) is 0 Å². The van der Waals surface area contributed by atoms with Crippen molar-refractivity contribution in [2.24, 2.45) is 10.7 Å². The monoisotopic (exact) mass is 478 g/mol. The molecule has 0 amide bonds. The van der Waals surface area contributed by atoms with E-state index in [4.69, 9.17) is 14.9 Å². The van der Waals surface area contributed by atoms with E-state index in [0.29, 0.717) is 24.8 Å². The molecule has 6 nitrogen and oxygen atoms in total. The van der Waals surface area contributed by atoms with Crippen LogP contribution in [0.1, 0.15) is 11.3 Å². The Morgan fingerprint density at radius 3 is 2.74 bits per heavy atom. The van der Waals surface area contributed by atoms with Crippen LogP contribution in [0.2, 0.25) is 0 Å². The minimum absolute atomic E-state index is 0. The Morgan fingerprint density at radius 1 is 1.22 bits per heavy atom. The molecule has 0 fully saturated rings. The molecule has 3 aromatic rings. The third kappa shape index (κ3) is 5.99. The number of hydrogen-bond donors (Lipinski definition) is 2. The maximum atomic E-state index is 5.93. The van der Waals surface area contributed by atoms with Gasteiger partial charge in [0.25, 0.3) is 0 Å². The lowest BCUT2D eigenvalue weighted by molar-refractivity contribution is 0.415. The third-order valence-corrected chi connectivity index (χ3v) is 3.84. The Kier molecular flexibility index (Phi) is 7.66. The van der Waals surface area contributed by atoms with Crippen LogP contribution in [0.5, 0.6) is 5.75 Å². The second-order valence-electron chi connectivity index (χ2n) is 5.88. The lowest BCUT2D eigenvalue weighted by atomic mass is 10.1. The minimum atomic E-state index is 0. The van der Waals surface area contributed by atoms with E-state index in [1.54, 1.807) is 13.4 Å². The number of nitrogens with zero attached hydrogens (tertiary/aromatic N) is 2. The number of oxazole rings is 1. The molecule has 3 rings (SSSR count). The molecule has 0 radical (unpaired) electrons. The topological polar surface area (TPSA) is 85.7 Å². The van der Waals surface area contributed by atoms with Gasteiger partial charge in [0.05, 0.1) is 12.8 Å². The quantitative estimate of drug-likeness (QED) is 0.315. The number of methoxy groups -OCH3 is 1. The van der Waals surface area contributed by atoms with E-state index < -0.39 is 0 Å². The molecule has 0 aliphatic rings. The zero-order valence-electron chi connectivity index (χ0n) is 15.3. The van der Waals surface area contributed by atoms with Crippen molar-refractivity contribution in [1.29, 1.82) is 0 Å². The number of nitrogens with two attached hydrogens (primary N) is 1. The highest BCUT2D eigenvalue weighted by Crippen LogP contribution is 2.19. The molecule has 0 atom stereocenters. The number of rotatable bonds is 6. The van der Waals surface area contributed by atoms with Crippen molar-refractivity contribution >= 4 is 35.6 Å². The normalized spacial score (nSPS) is 11.0. The summed E-state index contributed by atoms with van der Waals surface area (Å²) in [4.78, 5) is 8.82. The van der Waals surface area contributed by atoms with Gasteiger partial charge in [-0.2, -0.15) is 0 Å². The van der Waals surface area contributed by atoms with Gasteiger partial charge in [0.1, 0.15) is 12.0 Å². The summed E-state index contributed by atoms with van der Waals surface area (Å²) in [6.07, 6.45) is 2.31. The number of ether oxygens (including phenoxy) is 1. The number of benzene rings is 2. The first-order valence-electron chi connectivity index (χ1n) is 8.36. The molecule has 0 bridgehead atoms. The first kappa shape index (κ1) is 20.8. The predicted octanol–water partition coefficient (Wildman–Crippen LogP) is 4.25. The van der Waals surface area contributed by atoms with Crippen molar-refractivity contribution < 1.29 is 9.15 Å². The molecule has 0 saturated heterocycles. The molecular weight excluding hydrogens is 455 g/mol. The van der Waals surface area contributed by atoms with Crippen LogP contribution in [0.25, 0.3) is 11.5 Å². The molecule has 2 aromatic carbocycles. The van der Waals surface area contributed by atoms with Gasteiger partial charge in [-0.1, -0.05) is 23.8 Å². The van der Waals surface area contributed by atoms with Crippen LogP contribution in [0.4, 0.5) is 5.69 Å². The molecule has 3 N–H and O–H groups in total. The Labute approximate surface area is 175 Å². The van der Waals surface area contributed by atoms with Gasteiger partial charge in [-0.05, 0) is 31.2 Å². The van der Waals surface area contributed by atoms with Crippen LogP contribution < -0.4 is 15.8 Å². The number of halogens is 1. The second-order valence-corrected chi connectivity index (χ2v) is 5.88. The van der Waals surface area contributed by atoms with Crippen molar-refractivity contribution in [3.8, 4) is 17.2 Å². The lowest BCUT2D eigenvalue weighted by Gasteiger charge is -2.07. The minimum Gasteiger partial charge on any atom is -0.497 e. The highest BCUT2D eigenvalue weighted by atomic mass is 127. The zero-order valence-corrected chi connectivity index (χ0v) is 17.6. The SMILES string of the molecule is COc1cccc(NC(N)=NCCc2coc(-c3ccc(C)cc3)n2)c1.I. The molecule has 0 aliphatic heterocycles. The summed E-state index contributed by atoms with van der Waals surface area (Å²) in [6, 6.07) is 15.6. The number of guanidine groups is 1. The average molecular weight is 478 g/mol. The van der Waals surface area contributed by atoms with Crippen LogP contribution in [-0.2, 0) is 6.42 Å². The fraction of sp³-hybridized carbons (Fsp3) is 0.200. The number of nitrogens with one attached hydrogen (secondary N) is 1. The second kappa shape index (κ2) is 9.96. The Bertz CT molecular complexity index is 891. The number of aryl methyl sites for hydroxylation is 1. The maximum absolute atomic E-state index is 5.93. The van der Waals surface area contributed by atoms with E-state index in [2.05, 4.69) is 15.3 Å². The van der Waals surface area contributed by atoms with Gasteiger partial charge in [-0.25, -0.2) is 4.98 Å². The summed E-state index contributed by atoms with van der Waals surface area (Å²) in [6.45, 7) is 2.56. The van der Waals surface area contributed by atoms with Gasteiger partial charge in [-0.3, -0.25) is 4.99 Å². The summed E-state index contributed by atoms with van der Waals surface area (Å²) >= 11 is 0. The van der Waals surface area contributed by atoms with E-state index in [-0.39, 0.29) is 24.0 Å². The van der Waals surface area contributed by atoms with E-state index in [9.17, 15) is 0 Å². The average Bonchev–Trinajstić information content (AvgIpc) is 3.11. The number of hydrogen-bond acceptors (Lipinski definition) is 4. The summed E-state index contributed by atoms with van der Waals surface area (Å²) in [5, 5.41) is 3.04. The van der Waals surface area contributed by atoms with Crippen molar-refractivity contribution in [1.82, 2.24) is 4.98 Å². The van der Waals surface area contributed by atoms with Crippen molar-refractivity contribution in [2.45, 2.75) is 13.3 Å². The molecule has 1 aromatic heterocycles. The van der Waals surface area contributed by atoms with E-state index in [1.807, 2.05) is 55.5 Å². The van der Waals surface area contributed by atoms with Crippen LogP contribution >= 0.6 is 24.0 Å². The van der Waals surface area contributed by atoms with Gasteiger partial charge >= 0.3 is 0 Å². The van der Waals surface area contributed by atoms with Crippen LogP contribution in [0, 0.1) is 6.92 Å². The fourth-order valence-electron chi connectivity index (χ4n) is 2.43. The maximum Gasteiger partial charge on any atom is 0.226 e. The van der Waals surface area contributed by atoms with Crippen molar-refractivity contribution in [3.05, 3.63) is 66.1 Å². The molecule has 7 heteroatoms. The van der Waals surface area contributed by atoms with Crippen LogP contribution in [0.3, 0.4) is 0 Å². The molecule has 27 heavy (non-hydrogen) atoms. The first-order chi connectivity index (χ1) is 12.6. The van der Waals surface area contributed by atoms with Crippen LogP contribution in [0.15, 0.2) is 64.2 Å². The summed E-state index contributed by atoms with van der Waals surface area (Å²) < 4.78 is 10.7. The number of aliphatic imine (C=N–C) groups is 1. The molecule has 0 unspecified atom stereocenters. The fourth-order valence-corrected chi connectivity index (χ4v) is 2.43. The van der Waals surface area contributed by atoms with E-state index >= 15 is 0 Å². The highest BCUT2D eigenvalue weighted by Gasteiger charge is 2.06. The Hall–Kier alpha value is -2.55. The largest absolute Gasteiger partial charge is 0.497 e. The van der Waals surface area contributed by atoms with Gasteiger partial charge in [0, 0.05) is 30.3 Å². The highest BCUT2D eigenvalue weighted by molar-refractivity contribution is 14.0. The molecule has 0 aliphatic carbocycles. The molecule has 0 saturated carbocycles. The van der Waals surface area contributed by atoms with E-state index in [0.717, 1.165) is 22.7 Å². The summed E-state index contributed by atoms with van der Waals surface area (Å²) in [5.74, 6) is 1.72. The first-order valence-corrected chi connectivity index (χ1v) is 8.36. The van der Waals surface area contributed by atoms with Crippen molar-refractivity contribution in [2.75, 3.05) is 19.0 Å². The van der Waals surface area contributed by atoms with Gasteiger partial charge < -0.3 is 20.2 Å². The standard InChI is InChI=1S/C20H22N4O2.HI/c1-14-6-8-15(9-7-14)19-23-17(13-26-19)10-11-22-20(21)24-16-4-3-5-18(12-16)25-2;/h3-9,12-13H,10-11H2,1-2H3,(H3,21,22,24);1H. The smallest absolute Gasteiger partial charge is 0.226 e. The van der Waals surface area contributed by atoms with E-state index in [1.165, 1.54) is 5.56 Å². The Morgan fingerprint density at radius 2 is 2.00 bits per heavy atom. The Balaban J connectivity index is 0.00000261. The number of aromatic nitrogens is 1. The molecule has 1 heterocycles. The van der Waals surface area contributed by atoms with Gasteiger partial charge in [-0.15, -0.1) is 24.0 Å². The molecular formula is C20H23IN4O2. The third-order valence-electron chi connectivity index (χ3n) is 3.84. The summed E-state index contributed by atoms with van der Waals surface area (Å²) in [5.41, 5.74) is 9.76. The lowest BCUT2D eigenvalue weighted by Crippen LogP contribution is -2.23. The zero-order chi connectivity index (χ0) is 18.4. The molecule has 142 valence electrons. The predicted molar refractivity (Wildman–Crippen MR) is 119 cm³/mol. The van der Waals surface area contributed by atoms with Crippen LogP contribution in [-0.4, -0.2) is 24.6 Å². The summed E-state index contributed by atoms with van der Waals surface area (Å²) in [7, 11) is 1.62. The molecule has 0 spiro atoms.